The smallest absolute Gasteiger partial charge is 0.254 e. The van der Waals surface area contributed by atoms with Gasteiger partial charge in [-0.1, -0.05) is 24.3 Å². The minimum atomic E-state index is -1.14. The van der Waals surface area contributed by atoms with Gasteiger partial charge in [-0.2, -0.15) is 0 Å². The SMILES string of the molecule is O=C(NCCOc1ccccc1)c1cccc(F)c1F. The topological polar surface area (TPSA) is 38.3 Å². The Morgan fingerprint density at radius 3 is 2.55 bits per heavy atom. The van der Waals surface area contributed by atoms with E-state index in [4.69, 9.17) is 4.74 Å². The zero-order valence-corrected chi connectivity index (χ0v) is 10.6. The van der Waals surface area contributed by atoms with E-state index in [1.54, 1.807) is 12.1 Å². The van der Waals surface area contributed by atoms with Crippen molar-refractivity contribution in [1.82, 2.24) is 5.32 Å². The van der Waals surface area contributed by atoms with Crippen LogP contribution in [-0.2, 0) is 0 Å². The lowest BCUT2D eigenvalue weighted by Crippen LogP contribution is -2.29. The third-order valence-corrected chi connectivity index (χ3v) is 2.60. The highest BCUT2D eigenvalue weighted by atomic mass is 19.2. The second-order valence-corrected chi connectivity index (χ2v) is 4.02. The maximum Gasteiger partial charge on any atom is 0.254 e. The molecule has 2 rings (SSSR count). The monoisotopic (exact) mass is 277 g/mol. The van der Waals surface area contributed by atoms with Crippen molar-refractivity contribution in [2.45, 2.75) is 0 Å². The van der Waals surface area contributed by atoms with Crippen molar-refractivity contribution in [3.63, 3.8) is 0 Å². The molecule has 0 saturated carbocycles. The maximum atomic E-state index is 13.4. The predicted molar refractivity (Wildman–Crippen MR) is 70.6 cm³/mol. The summed E-state index contributed by atoms with van der Waals surface area (Å²) in [6.07, 6.45) is 0. The largest absolute Gasteiger partial charge is 0.492 e. The molecule has 0 radical (unpaired) electrons. The summed E-state index contributed by atoms with van der Waals surface area (Å²) in [5.74, 6) is -2.18. The molecule has 0 spiro atoms. The van der Waals surface area contributed by atoms with Gasteiger partial charge in [-0.25, -0.2) is 8.78 Å². The summed E-state index contributed by atoms with van der Waals surface area (Å²) in [6, 6.07) is 12.6. The second-order valence-electron chi connectivity index (χ2n) is 4.02. The number of halogens is 2. The summed E-state index contributed by atoms with van der Waals surface area (Å²) in [5, 5.41) is 2.47. The van der Waals surface area contributed by atoms with Gasteiger partial charge in [-0.15, -0.1) is 0 Å². The van der Waals surface area contributed by atoms with E-state index in [-0.39, 0.29) is 18.7 Å². The van der Waals surface area contributed by atoms with E-state index in [0.717, 1.165) is 6.07 Å². The average molecular weight is 277 g/mol. The lowest BCUT2D eigenvalue weighted by molar-refractivity contribution is 0.0942. The molecule has 0 aliphatic rings. The van der Waals surface area contributed by atoms with Crippen molar-refractivity contribution in [3.8, 4) is 5.75 Å². The molecule has 0 aromatic heterocycles. The van der Waals surface area contributed by atoms with E-state index in [9.17, 15) is 13.6 Å². The molecule has 0 atom stereocenters. The fraction of sp³-hybridized carbons (Fsp3) is 0.133. The molecule has 0 saturated heterocycles. The first-order chi connectivity index (χ1) is 9.68. The van der Waals surface area contributed by atoms with Crippen LogP contribution in [0.5, 0.6) is 5.75 Å². The number of rotatable bonds is 5. The fourth-order valence-electron chi connectivity index (χ4n) is 1.62. The van der Waals surface area contributed by atoms with Crippen molar-refractivity contribution in [2.75, 3.05) is 13.2 Å². The lowest BCUT2D eigenvalue weighted by Gasteiger charge is -2.08. The fourth-order valence-corrected chi connectivity index (χ4v) is 1.62. The molecule has 0 aliphatic heterocycles. The van der Waals surface area contributed by atoms with Crippen molar-refractivity contribution in [3.05, 3.63) is 65.7 Å². The molecule has 0 aliphatic carbocycles. The van der Waals surface area contributed by atoms with Crippen LogP contribution in [0.3, 0.4) is 0 Å². The van der Waals surface area contributed by atoms with Crippen LogP contribution in [0.2, 0.25) is 0 Å². The third-order valence-electron chi connectivity index (χ3n) is 2.60. The maximum absolute atomic E-state index is 13.4. The standard InChI is InChI=1S/C15H13F2NO2/c16-13-8-4-7-12(14(13)17)15(19)18-9-10-20-11-5-2-1-3-6-11/h1-8H,9-10H2,(H,18,19). The van der Waals surface area contributed by atoms with E-state index < -0.39 is 17.5 Å². The van der Waals surface area contributed by atoms with Crippen molar-refractivity contribution < 1.29 is 18.3 Å². The zero-order valence-electron chi connectivity index (χ0n) is 10.6. The van der Waals surface area contributed by atoms with Crippen molar-refractivity contribution in [1.29, 1.82) is 0 Å². The minimum absolute atomic E-state index is 0.198. The Morgan fingerprint density at radius 2 is 1.80 bits per heavy atom. The number of nitrogens with one attached hydrogen (secondary N) is 1. The minimum Gasteiger partial charge on any atom is -0.492 e. The van der Waals surface area contributed by atoms with Crippen LogP contribution in [-0.4, -0.2) is 19.1 Å². The molecule has 1 amide bonds. The van der Waals surface area contributed by atoms with Gasteiger partial charge in [0.2, 0.25) is 0 Å². The first kappa shape index (κ1) is 14.0. The molecule has 20 heavy (non-hydrogen) atoms. The van der Waals surface area contributed by atoms with Gasteiger partial charge < -0.3 is 10.1 Å². The van der Waals surface area contributed by atoms with Gasteiger partial charge in [0.25, 0.3) is 5.91 Å². The predicted octanol–water partition coefficient (Wildman–Crippen LogP) is 2.77. The number of carbonyl (C=O) groups excluding carboxylic acids is 1. The molecule has 1 N–H and O–H groups in total. The molecule has 0 heterocycles. The first-order valence-electron chi connectivity index (χ1n) is 6.08. The summed E-state index contributed by atoms with van der Waals surface area (Å²) >= 11 is 0. The van der Waals surface area contributed by atoms with Gasteiger partial charge in [0.1, 0.15) is 12.4 Å². The lowest BCUT2D eigenvalue weighted by atomic mass is 10.2. The number of carbonyl (C=O) groups is 1. The molecule has 2 aromatic rings. The van der Waals surface area contributed by atoms with E-state index in [2.05, 4.69) is 5.32 Å². The van der Waals surface area contributed by atoms with Crippen LogP contribution in [0, 0.1) is 11.6 Å². The number of benzene rings is 2. The van der Waals surface area contributed by atoms with Gasteiger partial charge in [0.05, 0.1) is 12.1 Å². The highest BCUT2D eigenvalue weighted by Gasteiger charge is 2.14. The Kier molecular flexibility index (Phi) is 4.65. The molecule has 0 unspecified atom stereocenters. The van der Waals surface area contributed by atoms with Crippen LogP contribution in [0.15, 0.2) is 48.5 Å². The molecular formula is C15H13F2NO2. The van der Waals surface area contributed by atoms with Gasteiger partial charge in [-0.3, -0.25) is 4.79 Å². The summed E-state index contributed by atoms with van der Waals surface area (Å²) in [6.45, 7) is 0.441. The molecule has 3 nitrogen and oxygen atoms in total. The van der Waals surface area contributed by atoms with E-state index in [1.807, 2.05) is 18.2 Å². The van der Waals surface area contributed by atoms with Gasteiger partial charge in [0.15, 0.2) is 11.6 Å². The third kappa shape index (κ3) is 3.54. The molecule has 2 aromatic carbocycles. The van der Waals surface area contributed by atoms with Crippen molar-refractivity contribution in [2.24, 2.45) is 0 Å². The van der Waals surface area contributed by atoms with Gasteiger partial charge in [0, 0.05) is 0 Å². The molecule has 5 heteroatoms. The number of amides is 1. The molecule has 0 bridgehead atoms. The Hall–Kier alpha value is -2.43. The quantitative estimate of drug-likeness (QED) is 0.853. The average Bonchev–Trinajstić information content (AvgIpc) is 2.47. The Balaban J connectivity index is 1.82. The highest BCUT2D eigenvalue weighted by molar-refractivity contribution is 5.94. The zero-order chi connectivity index (χ0) is 14.4. The Labute approximate surface area is 115 Å². The van der Waals surface area contributed by atoms with Gasteiger partial charge in [-0.05, 0) is 24.3 Å². The summed E-state index contributed by atoms with van der Waals surface area (Å²) in [5.41, 5.74) is -0.315. The number of hydrogen-bond donors (Lipinski definition) is 1. The summed E-state index contributed by atoms with van der Waals surface area (Å²) < 4.78 is 31.7. The normalized spacial score (nSPS) is 10.1. The number of ether oxygens (including phenoxy) is 1. The first-order valence-corrected chi connectivity index (χ1v) is 6.08. The van der Waals surface area contributed by atoms with Crippen LogP contribution in [0.1, 0.15) is 10.4 Å². The molecule has 0 fully saturated rings. The van der Waals surface area contributed by atoms with Gasteiger partial charge >= 0.3 is 0 Å². The molecular weight excluding hydrogens is 264 g/mol. The van der Waals surface area contributed by atoms with Crippen LogP contribution < -0.4 is 10.1 Å². The summed E-state index contributed by atoms with van der Waals surface area (Å²) in [7, 11) is 0. The Bertz CT molecular complexity index is 588. The van der Waals surface area contributed by atoms with E-state index in [1.165, 1.54) is 12.1 Å². The van der Waals surface area contributed by atoms with Crippen LogP contribution in [0.25, 0.3) is 0 Å². The summed E-state index contributed by atoms with van der Waals surface area (Å²) in [4.78, 5) is 11.7. The highest BCUT2D eigenvalue weighted by Crippen LogP contribution is 2.11. The number of para-hydroxylation sites is 1. The van der Waals surface area contributed by atoms with E-state index in [0.29, 0.717) is 5.75 Å². The van der Waals surface area contributed by atoms with Crippen LogP contribution >= 0.6 is 0 Å². The number of hydrogen-bond acceptors (Lipinski definition) is 2. The Morgan fingerprint density at radius 1 is 1.05 bits per heavy atom. The van der Waals surface area contributed by atoms with Crippen molar-refractivity contribution >= 4 is 5.91 Å². The van der Waals surface area contributed by atoms with E-state index >= 15 is 0 Å². The second kappa shape index (κ2) is 6.65. The molecule has 104 valence electrons. The van der Waals surface area contributed by atoms with Crippen LogP contribution in [0.4, 0.5) is 8.78 Å².